The number of hydrogen-bond donors (Lipinski definition) is 2. The highest BCUT2D eigenvalue weighted by Crippen LogP contribution is 2.22. The molecule has 1 saturated heterocycles. The van der Waals surface area contributed by atoms with Gasteiger partial charge in [-0.05, 0) is 48.6 Å². The molecule has 154 valence electrons. The van der Waals surface area contributed by atoms with Crippen molar-refractivity contribution < 1.29 is 4.79 Å². The van der Waals surface area contributed by atoms with Crippen LogP contribution in [-0.4, -0.2) is 33.9 Å². The van der Waals surface area contributed by atoms with Gasteiger partial charge in [-0.3, -0.25) is 9.78 Å². The second-order valence-corrected chi connectivity index (χ2v) is 7.70. The van der Waals surface area contributed by atoms with Crippen molar-refractivity contribution in [3.05, 3.63) is 72.3 Å². The zero-order valence-electron chi connectivity index (χ0n) is 17.1. The lowest BCUT2D eigenvalue weighted by Gasteiger charge is -2.31. The van der Waals surface area contributed by atoms with Gasteiger partial charge in [0.05, 0.1) is 5.56 Å². The molecular weight excluding hydrogens is 376 g/mol. The Morgan fingerprint density at radius 2 is 2.07 bits per heavy atom. The van der Waals surface area contributed by atoms with Crippen molar-refractivity contribution in [1.29, 1.82) is 0 Å². The van der Waals surface area contributed by atoms with Gasteiger partial charge in [0.15, 0.2) is 0 Å². The Hall–Kier alpha value is -3.48. The van der Waals surface area contributed by atoms with Crippen molar-refractivity contribution in [2.45, 2.75) is 26.3 Å². The lowest BCUT2D eigenvalue weighted by atomic mass is 10.0. The number of anilines is 3. The fourth-order valence-corrected chi connectivity index (χ4v) is 3.61. The monoisotopic (exact) mass is 402 g/mol. The zero-order valence-corrected chi connectivity index (χ0v) is 17.1. The number of carbonyl (C=O) groups excluding carboxylic acids is 1. The van der Waals surface area contributed by atoms with E-state index in [-0.39, 0.29) is 5.91 Å². The number of carbonyl (C=O) groups is 1. The van der Waals surface area contributed by atoms with Gasteiger partial charge >= 0.3 is 0 Å². The summed E-state index contributed by atoms with van der Waals surface area (Å²) < 4.78 is 0. The molecule has 30 heavy (non-hydrogen) atoms. The Morgan fingerprint density at radius 1 is 1.20 bits per heavy atom. The van der Waals surface area contributed by atoms with Gasteiger partial charge in [0.25, 0.3) is 5.91 Å². The molecule has 3 aromatic rings. The highest BCUT2D eigenvalue weighted by Gasteiger charge is 2.17. The molecule has 1 fully saturated rings. The minimum absolute atomic E-state index is 0.172. The number of amides is 1. The van der Waals surface area contributed by atoms with Gasteiger partial charge in [0.1, 0.15) is 18.0 Å². The standard InChI is InChI=1S/C23H26N6O/c1-17-4-3-11-29(15-17)22-12-21(26-16-27-22)25-13-18-6-8-20(9-7-18)28-23(30)19-5-2-10-24-14-19/h2,5-10,12,14,16-17H,3-4,11,13,15H2,1H3,(H,28,30)(H,25,26,27). The van der Waals surface area contributed by atoms with Crippen LogP contribution in [-0.2, 0) is 6.54 Å². The van der Waals surface area contributed by atoms with Crippen molar-refractivity contribution in [3.63, 3.8) is 0 Å². The number of nitrogens with one attached hydrogen (secondary N) is 2. The molecule has 7 heteroatoms. The second kappa shape index (κ2) is 9.35. The van der Waals surface area contributed by atoms with E-state index in [4.69, 9.17) is 0 Å². The number of nitrogens with zero attached hydrogens (tertiary/aromatic N) is 4. The maximum absolute atomic E-state index is 12.2. The van der Waals surface area contributed by atoms with E-state index in [1.54, 1.807) is 30.9 Å². The third-order valence-electron chi connectivity index (χ3n) is 5.24. The molecule has 2 aromatic heterocycles. The SMILES string of the molecule is CC1CCCN(c2cc(NCc3ccc(NC(=O)c4cccnc4)cc3)ncn2)C1. The smallest absolute Gasteiger partial charge is 0.257 e. The topological polar surface area (TPSA) is 83.0 Å². The van der Waals surface area contributed by atoms with Crippen molar-refractivity contribution in [2.24, 2.45) is 5.92 Å². The van der Waals surface area contributed by atoms with Crippen LogP contribution >= 0.6 is 0 Å². The molecule has 1 aliphatic heterocycles. The van der Waals surface area contributed by atoms with E-state index >= 15 is 0 Å². The zero-order chi connectivity index (χ0) is 20.8. The maximum Gasteiger partial charge on any atom is 0.257 e. The van der Waals surface area contributed by atoms with Crippen molar-refractivity contribution >= 4 is 23.2 Å². The Bertz CT molecular complexity index is 976. The first-order valence-electron chi connectivity index (χ1n) is 10.3. The molecule has 1 atom stereocenters. The van der Waals surface area contributed by atoms with Gasteiger partial charge in [-0.2, -0.15) is 0 Å². The average Bonchev–Trinajstić information content (AvgIpc) is 2.79. The van der Waals surface area contributed by atoms with Gasteiger partial charge in [-0.25, -0.2) is 9.97 Å². The molecule has 0 radical (unpaired) electrons. The third kappa shape index (κ3) is 5.11. The molecule has 3 heterocycles. The summed E-state index contributed by atoms with van der Waals surface area (Å²) in [5, 5.41) is 6.25. The maximum atomic E-state index is 12.2. The van der Waals surface area contributed by atoms with Crippen molar-refractivity contribution in [2.75, 3.05) is 28.6 Å². The highest BCUT2D eigenvalue weighted by atomic mass is 16.1. The van der Waals surface area contributed by atoms with Crippen LogP contribution in [0.2, 0.25) is 0 Å². The van der Waals surface area contributed by atoms with E-state index < -0.39 is 0 Å². The summed E-state index contributed by atoms with van der Waals surface area (Å²) >= 11 is 0. The number of benzene rings is 1. The number of pyridine rings is 1. The summed E-state index contributed by atoms with van der Waals surface area (Å²) in [5.74, 6) is 2.32. The minimum Gasteiger partial charge on any atom is -0.366 e. The van der Waals surface area contributed by atoms with Gasteiger partial charge in [0, 0.05) is 43.8 Å². The number of piperidine rings is 1. The molecule has 0 saturated carbocycles. The number of rotatable bonds is 6. The summed E-state index contributed by atoms with van der Waals surface area (Å²) in [4.78, 5) is 27.3. The summed E-state index contributed by atoms with van der Waals surface area (Å²) in [7, 11) is 0. The first kappa shape index (κ1) is 19.8. The third-order valence-corrected chi connectivity index (χ3v) is 5.24. The van der Waals surface area contributed by atoms with Crippen LogP contribution in [0.25, 0.3) is 0 Å². The molecule has 2 N–H and O–H groups in total. The molecule has 1 unspecified atom stereocenters. The largest absolute Gasteiger partial charge is 0.366 e. The quantitative estimate of drug-likeness (QED) is 0.649. The Kier molecular flexibility index (Phi) is 6.17. The van der Waals surface area contributed by atoms with Crippen LogP contribution in [0.4, 0.5) is 17.3 Å². The molecule has 1 aliphatic rings. The van der Waals surface area contributed by atoms with Crippen LogP contribution in [0.1, 0.15) is 35.7 Å². The number of hydrogen-bond acceptors (Lipinski definition) is 6. The van der Waals surface area contributed by atoms with Crippen LogP contribution in [0, 0.1) is 5.92 Å². The van der Waals surface area contributed by atoms with Crippen LogP contribution in [0.5, 0.6) is 0 Å². The molecule has 0 spiro atoms. The van der Waals surface area contributed by atoms with Gasteiger partial charge in [-0.1, -0.05) is 19.1 Å². The fraction of sp³-hybridized carbons (Fsp3) is 0.304. The molecule has 4 rings (SSSR count). The van der Waals surface area contributed by atoms with Crippen molar-refractivity contribution in [3.8, 4) is 0 Å². The minimum atomic E-state index is -0.172. The highest BCUT2D eigenvalue weighted by molar-refractivity contribution is 6.03. The first-order valence-corrected chi connectivity index (χ1v) is 10.3. The normalized spacial score (nSPS) is 16.2. The Balaban J connectivity index is 1.33. The lowest BCUT2D eigenvalue weighted by molar-refractivity contribution is 0.102. The molecule has 0 aliphatic carbocycles. The predicted octanol–water partition coefficient (Wildman–Crippen LogP) is 3.97. The van der Waals surface area contributed by atoms with Gasteiger partial charge < -0.3 is 15.5 Å². The number of aromatic nitrogens is 3. The van der Waals surface area contributed by atoms with Gasteiger partial charge in [-0.15, -0.1) is 0 Å². The molecule has 1 aromatic carbocycles. The van der Waals surface area contributed by atoms with E-state index in [1.165, 1.54) is 12.8 Å². The molecule has 0 bridgehead atoms. The van der Waals surface area contributed by atoms with Gasteiger partial charge in [0.2, 0.25) is 0 Å². The molecular formula is C23H26N6O. The van der Waals surface area contributed by atoms with Crippen LogP contribution in [0.3, 0.4) is 0 Å². The van der Waals surface area contributed by atoms with E-state index in [0.29, 0.717) is 18.0 Å². The van der Waals surface area contributed by atoms with Crippen LogP contribution in [0.15, 0.2) is 61.2 Å². The summed E-state index contributed by atoms with van der Waals surface area (Å²) in [6, 6.07) is 13.3. The molecule has 1 amide bonds. The van der Waals surface area contributed by atoms with Crippen molar-refractivity contribution in [1.82, 2.24) is 15.0 Å². The van der Waals surface area contributed by atoms with Crippen LogP contribution < -0.4 is 15.5 Å². The lowest BCUT2D eigenvalue weighted by Crippen LogP contribution is -2.34. The van der Waals surface area contributed by atoms with E-state index in [2.05, 4.69) is 37.4 Å². The Morgan fingerprint density at radius 3 is 2.83 bits per heavy atom. The Labute approximate surface area is 176 Å². The predicted molar refractivity (Wildman–Crippen MR) is 119 cm³/mol. The fourth-order valence-electron chi connectivity index (χ4n) is 3.61. The summed E-state index contributed by atoms with van der Waals surface area (Å²) in [6.45, 7) is 5.02. The van der Waals surface area contributed by atoms with E-state index in [9.17, 15) is 4.79 Å². The van der Waals surface area contributed by atoms with E-state index in [1.807, 2.05) is 30.3 Å². The van der Waals surface area contributed by atoms with E-state index in [0.717, 1.165) is 36.0 Å². The molecule has 7 nitrogen and oxygen atoms in total. The summed E-state index contributed by atoms with van der Waals surface area (Å²) in [5.41, 5.74) is 2.38. The summed E-state index contributed by atoms with van der Waals surface area (Å²) in [6.07, 6.45) is 7.30. The average molecular weight is 403 g/mol. The second-order valence-electron chi connectivity index (χ2n) is 7.70. The first-order chi connectivity index (χ1) is 14.7.